The normalized spacial score (nSPS) is 19.8. The van der Waals surface area contributed by atoms with Crippen molar-refractivity contribution >= 4 is 39.7 Å². The molecule has 5 rings (SSSR count). The highest BCUT2D eigenvalue weighted by Gasteiger charge is 2.40. The molecule has 1 aromatic heterocycles. The van der Waals surface area contributed by atoms with Gasteiger partial charge in [0.05, 0.1) is 25.6 Å². The van der Waals surface area contributed by atoms with E-state index in [1.807, 2.05) is 53.1 Å². The van der Waals surface area contributed by atoms with Crippen LogP contribution in [0.5, 0.6) is 0 Å². The number of carbonyl (C=O) groups is 3. The Labute approximate surface area is 185 Å². The highest BCUT2D eigenvalue weighted by Crippen LogP contribution is 2.29. The van der Waals surface area contributed by atoms with Crippen LogP contribution in [0.3, 0.4) is 0 Å². The lowest BCUT2D eigenvalue weighted by Crippen LogP contribution is -2.40. The number of rotatable bonds is 6. The summed E-state index contributed by atoms with van der Waals surface area (Å²) in [6, 6.07) is 14.5. The third-order valence-electron chi connectivity index (χ3n) is 6.41. The van der Waals surface area contributed by atoms with Gasteiger partial charge in [-0.05, 0) is 25.0 Å². The molecule has 2 aliphatic rings. The molecular weight excluding hydrogens is 408 g/mol. The predicted molar refractivity (Wildman–Crippen MR) is 120 cm³/mol. The van der Waals surface area contributed by atoms with Gasteiger partial charge in [0.15, 0.2) is 0 Å². The Bertz CT molecular complexity index is 1140. The smallest absolute Gasteiger partial charge is 0.324 e. The molecule has 2 atom stereocenters. The van der Waals surface area contributed by atoms with E-state index in [1.54, 1.807) is 4.90 Å². The van der Waals surface area contributed by atoms with Crippen molar-refractivity contribution in [1.29, 1.82) is 0 Å². The van der Waals surface area contributed by atoms with Gasteiger partial charge in [-0.1, -0.05) is 36.4 Å². The van der Waals surface area contributed by atoms with E-state index >= 15 is 0 Å². The summed E-state index contributed by atoms with van der Waals surface area (Å²) >= 11 is 0. The highest BCUT2D eigenvalue weighted by atomic mass is 16.3. The quantitative estimate of drug-likeness (QED) is 0.581. The van der Waals surface area contributed by atoms with Gasteiger partial charge < -0.3 is 19.9 Å². The van der Waals surface area contributed by atoms with E-state index in [1.165, 1.54) is 0 Å². The molecule has 0 saturated carbocycles. The lowest BCUT2D eigenvalue weighted by Gasteiger charge is -2.20. The molecule has 166 valence electrons. The molecule has 0 aliphatic carbocycles. The van der Waals surface area contributed by atoms with Crippen LogP contribution in [-0.2, 0) is 16.1 Å². The number of aromatic nitrogens is 1. The molecule has 2 aromatic carbocycles. The number of aliphatic hydroxyl groups excluding tert-OH is 1. The van der Waals surface area contributed by atoms with Gasteiger partial charge in [-0.2, -0.15) is 0 Å². The Balaban J connectivity index is 1.30. The first-order valence-electron chi connectivity index (χ1n) is 11.1. The van der Waals surface area contributed by atoms with Crippen molar-refractivity contribution in [2.45, 2.75) is 38.0 Å². The molecule has 4 amide bonds. The topological polar surface area (TPSA) is 94.9 Å². The zero-order valence-corrected chi connectivity index (χ0v) is 17.7. The summed E-state index contributed by atoms with van der Waals surface area (Å²) < 4.78 is 2.02. The number of benzene rings is 2. The highest BCUT2D eigenvalue weighted by molar-refractivity contribution is 6.08. The first kappa shape index (κ1) is 20.5. The number of amides is 4. The average molecular weight is 434 g/mol. The minimum Gasteiger partial charge on any atom is -0.389 e. The molecule has 2 N–H and O–H groups in total. The van der Waals surface area contributed by atoms with Gasteiger partial charge in [-0.3, -0.25) is 14.5 Å². The molecule has 8 nitrogen and oxygen atoms in total. The summed E-state index contributed by atoms with van der Waals surface area (Å²) in [5.41, 5.74) is 1.97. The van der Waals surface area contributed by atoms with Crippen LogP contribution in [-0.4, -0.2) is 69.1 Å². The third kappa shape index (κ3) is 3.60. The number of β-amino-alcohol motifs (C(OH)–C–C–N with tert-alkyl or cyclic N) is 1. The number of hydrogen-bond acceptors (Lipinski definition) is 4. The largest absolute Gasteiger partial charge is 0.389 e. The monoisotopic (exact) mass is 434 g/mol. The molecule has 2 fully saturated rings. The summed E-state index contributed by atoms with van der Waals surface area (Å²) in [7, 11) is 0. The van der Waals surface area contributed by atoms with Crippen molar-refractivity contribution < 1.29 is 19.5 Å². The molecule has 2 saturated heterocycles. The third-order valence-corrected chi connectivity index (χ3v) is 6.41. The van der Waals surface area contributed by atoms with Crippen molar-refractivity contribution in [2.24, 2.45) is 0 Å². The van der Waals surface area contributed by atoms with Crippen LogP contribution < -0.4 is 5.32 Å². The van der Waals surface area contributed by atoms with E-state index in [2.05, 4.69) is 5.32 Å². The van der Waals surface area contributed by atoms with E-state index in [0.29, 0.717) is 13.1 Å². The number of likely N-dealkylation sites (tertiary alicyclic amines) is 1. The Morgan fingerprint density at radius 1 is 0.969 bits per heavy atom. The van der Waals surface area contributed by atoms with Gasteiger partial charge >= 0.3 is 6.03 Å². The summed E-state index contributed by atoms with van der Waals surface area (Å²) in [6.07, 6.45) is 0.955. The van der Waals surface area contributed by atoms with Crippen LogP contribution >= 0.6 is 0 Å². The predicted octanol–water partition coefficient (Wildman–Crippen LogP) is 2.09. The fraction of sp³-hybridized carbons (Fsp3) is 0.375. The molecule has 0 bridgehead atoms. The van der Waals surface area contributed by atoms with Gasteiger partial charge in [0, 0.05) is 34.9 Å². The average Bonchev–Trinajstić information content (AvgIpc) is 3.50. The molecule has 3 heterocycles. The SMILES string of the molecule is O=C(C[C@@H]1NC(=O)N(C[C@@H](O)Cn2c3ccccc3c3ccccc32)C1=O)N1CCCC1. The number of hydrogen-bond donors (Lipinski definition) is 2. The first-order chi connectivity index (χ1) is 15.5. The van der Waals surface area contributed by atoms with Gasteiger partial charge in [0.1, 0.15) is 6.04 Å². The number of imide groups is 1. The van der Waals surface area contributed by atoms with Crippen molar-refractivity contribution in [2.75, 3.05) is 19.6 Å². The zero-order valence-electron chi connectivity index (χ0n) is 17.7. The molecule has 3 aromatic rings. The van der Waals surface area contributed by atoms with Crippen LogP contribution in [0.4, 0.5) is 4.79 Å². The van der Waals surface area contributed by atoms with Crippen molar-refractivity contribution in [1.82, 2.24) is 19.7 Å². The van der Waals surface area contributed by atoms with Gasteiger partial charge in [0.25, 0.3) is 5.91 Å². The Morgan fingerprint density at radius 2 is 1.56 bits per heavy atom. The molecule has 0 radical (unpaired) electrons. The second-order valence-electron chi connectivity index (χ2n) is 8.54. The standard InChI is InChI=1S/C24H26N4O4/c29-16(14-27-20-9-3-1-7-17(20)18-8-2-4-10-21(18)27)15-28-23(31)19(25-24(28)32)13-22(30)26-11-5-6-12-26/h1-4,7-10,16,19,29H,5-6,11-15H2,(H,25,32)/t16-,19-/m0/s1. The summed E-state index contributed by atoms with van der Waals surface area (Å²) in [4.78, 5) is 40.4. The summed E-state index contributed by atoms with van der Waals surface area (Å²) in [5.74, 6) is -0.572. The van der Waals surface area contributed by atoms with Crippen LogP contribution in [0.2, 0.25) is 0 Å². The van der Waals surface area contributed by atoms with E-state index in [-0.39, 0.29) is 25.4 Å². The summed E-state index contributed by atoms with van der Waals surface area (Å²) in [5, 5.41) is 15.6. The second-order valence-corrected chi connectivity index (χ2v) is 8.54. The molecule has 8 heteroatoms. The second kappa shape index (κ2) is 8.27. The molecular formula is C24H26N4O4. The van der Waals surface area contributed by atoms with E-state index in [4.69, 9.17) is 0 Å². The fourth-order valence-electron chi connectivity index (χ4n) is 4.84. The van der Waals surface area contributed by atoms with Crippen molar-refractivity contribution in [3.05, 3.63) is 48.5 Å². The van der Waals surface area contributed by atoms with Crippen LogP contribution in [0.25, 0.3) is 21.8 Å². The lowest BCUT2D eigenvalue weighted by atomic mass is 10.2. The molecule has 0 unspecified atom stereocenters. The van der Waals surface area contributed by atoms with Gasteiger partial charge in [0.2, 0.25) is 5.91 Å². The van der Waals surface area contributed by atoms with Crippen molar-refractivity contribution in [3.8, 4) is 0 Å². The Kier molecular flexibility index (Phi) is 5.30. The zero-order chi connectivity index (χ0) is 22.2. The summed E-state index contributed by atoms with van der Waals surface area (Å²) in [6.45, 7) is 1.52. The first-order valence-corrected chi connectivity index (χ1v) is 11.1. The fourth-order valence-corrected chi connectivity index (χ4v) is 4.84. The van der Waals surface area contributed by atoms with Crippen LogP contribution in [0, 0.1) is 0 Å². The number of fused-ring (bicyclic) bond motifs is 3. The minimum atomic E-state index is -0.947. The number of nitrogens with one attached hydrogen (secondary N) is 1. The number of urea groups is 1. The maximum Gasteiger partial charge on any atom is 0.324 e. The molecule has 0 spiro atoms. The lowest BCUT2D eigenvalue weighted by molar-refractivity contribution is -0.135. The van der Waals surface area contributed by atoms with E-state index in [0.717, 1.165) is 39.5 Å². The van der Waals surface area contributed by atoms with E-state index in [9.17, 15) is 19.5 Å². The Hall–Kier alpha value is -3.39. The number of nitrogens with zero attached hydrogens (tertiary/aromatic N) is 3. The van der Waals surface area contributed by atoms with Gasteiger partial charge in [-0.25, -0.2) is 4.79 Å². The van der Waals surface area contributed by atoms with Crippen LogP contribution in [0.1, 0.15) is 19.3 Å². The Morgan fingerprint density at radius 3 is 2.19 bits per heavy atom. The van der Waals surface area contributed by atoms with Gasteiger partial charge in [-0.15, -0.1) is 0 Å². The number of para-hydroxylation sites is 2. The minimum absolute atomic E-state index is 0.0377. The maximum atomic E-state index is 12.8. The van der Waals surface area contributed by atoms with Crippen molar-refractivity contribution in [3.63, 3.8) is 0 Å². The molecule has 32 heavy (non-hydrogen) atoms. The maximum absolute atomic E-state index is 12.8. The number of aliphatic hydroxyl groups is 1. The molecule has 2 aliphatic heterocycles. The number of carbonyl (C=O) groups excluding carboxylic acids is 3. The van der Waals surface area contributed by atoms with Crippen LogP contribution in [0.15, 0.2) is 48.5 Å². The van der Waals surface area contributed by atoms with E-state index < -0.39 is 24.1 Å².